The molecule has 0 fully saturated rings. The molecule has 1 N–H and O–H groups in total. The topological polar surface area (TPSA) is 47.9 Å². The van der Waals surface area contributed by atoms with Gasteiger partial charge in [-0.05, 0) is 0 Å². The van der Waals surface area contributed by atoms with E-state index in [9.17, 15) is 75.4 Å². The number of hydrogen-bond donors (Lipinski definition) is 1. The third-order valence-electron chi connectivity index (χ3n) is 3.84. The SMILES string of the molecule is OC(c1c(Cl)c(Cl)c(Cl)c(Cl)c1Cl)(C(F)(F)F)C(F)(F)OC(F)(OC(F)(F)C(F)(F)OC(F)(F)F)C(F)(F)F. The minimum atomic E-state index is -7.68. The third-order valence-corrected chi connectivity index (χ3v) is 6.12. The van der Waals surface area contributed by atoms with Crippen LogP contribution in [0.5, 0.6) is 0 Å². The zero-order chi connectivity index (χ0) is 31.6. The Labute approximate surface area is 227 Å². The summed E-state index contributed by atoms with van der Waals surface area (Å²) in [5.74, 6) is 0. The highest BCUT2D eigenvalue weighted by atomic mass is 35.5. The van der Waals surface area contributed by atoms with E-state index in [1.807, 2.05) is 4.74 Å². The molecular formula is C14HCl5F16O4. The molecule has 0 saturated heterocycles. The minimum Gasteiger partial charge on any atom is -0.370 e. The van der Waals surface area contributed by atoms with Crippen molar-refractivity contribution < 1.29 is 89.6 Å². The maximum absolute atomic E-state index is 14.7. The van der Waals surface area contributed by atoms with E-state index in [2.05, 4.69) is 0 Å². The van der Waals surface area contributed by atoms with Crippen LogP contribution in [0.25, 0.3) is 0 Å². The van der Waals surface area contributed by atoms with Crippen LogP contribution in [0.1, 0.15) is 5.56 Å². The molecule has 0 radical (unpaired) electrons. The molecule has 0 spiro atoms. The lowest BCUT2D eigenvalue weighted by molar-refractivity contribution is -0.590. The fourth-order valence-electron chi connectivity index (χ4n) is 2.18. The Bertz CT molecular complexity index is 1060. The molecule has 0 aromatic heterocycles. The van der Waals surface area contributed by atoms with Gasteiger partial charge in [0.25, 0.3) is 5.60 Å². The first-order valence-electron chi connectivity index (χ1n) is 8.17. The highest BCUT2D eigenvalue weighted by Gasteiger charge is 2.80. The van der Waals surface area contributed by atoms with Gasteiger partial charge >= 0.3 is 43.1 Å². The van der Waals surface area contributed by atoms with E-state index in [-0.39, 0.29) is 0 Å². The van der Waals surface area contributed by atoms with Gasteiger partial charge in [-0.1, -0.05) is 58.0 Å². The smallest absolute Gasteiger partial charge is 0.370 e. The number of ether oxygens (including phenoxy) is 3. The first-order chi connectivity index (χ1) is 16.8. The third kappa shape index (κ3) is 6.73. The first kappa shape index (κ1) is 36.4. The molecule has 1 rings (SSSR count). The molecule has 39 heavy (non-hydrogen) atoms. The highest BCUT2D eigenvalue weighted by Crippen LogP contribution is 2.59. The van der Waals surface area contributed by atoms with E-state index in [1.165, 1.54) is 4.74 Å². The van der Waals surface area contributed by atoms with Crippen molar-refractivity contribution in [2.45, 2.75) is 48.7 Å². The summed E-state index contributed by atoms with van der Waals surface area (Å²) in [5, 5.41) is 1.79. The van der Waals surface area contributed by atoms with Crippen LogP contribution in [0.3, 0.4) is 0 Å². The van der Waals surface area contributed by atoms with Crippen LogP contribution in [0.2, 0.25) is 25.1 Å². The molecule has 0 amide bonds. The second kappa shape index (κ2) is 10.6. The maximum Gasteiger partial charge on any atom is 0.527 e. The van der Waals surface area contributed by atoms with Gasteiger partial charge in [-0.15, -0.1) is 13.2 Å². The molecular weight excluding hydrogens is 713 g/mol. The van der Waals surface area contributed by atoms with Gasteiger partial charge in [0.15, 0.2) is 0 Å². The zero-order valence-corrected chi connectivity index (χ0v) is 20.4. The summed E-state index contributed by atoms with van der Waals surface area (Å²) in [4.78, 5) is 0. The molecule has 2 unspecified atom stereocenters. The van der Waals surface area contributed by atoms with Crippen molar-refractivity contribution in [3.8, 4) is 0 Å². The average Bonchev–Trinajstić information content (AvgIpc) is 2.66. The summed E-state index contributed by atoms with van der Waals surface area (Å²) in [6.07, 6.45) is -44.0. The second-order valence-corrected chi connectivity index (χ2v) is 8.38. The van der Waals surface area contributed by atoms with E-state index in [0.29, 0.717) is 0 Å². The summed E-state index contributed by atoms with van der Waals surface area (Å²) >= 11 is 26.6. The molecule has 0 aliphatic carbocycles. The lowest BCUT2D eigenvalue weighted by Gasteiger charge is -2.41. The fourth-order valence-corrected chi connectivity index (χ4v) is 3.59. The molecule has 4 nitrogen and oxygen atoms in total. The Morgan fingerprint density at radius 2 is 0.744 bits per heavy atom. The Hall–Kier alpha value is -0.610. The standard InChI is InChI=1S/C14HCl5F16O4/c15-2-1(3(16)5(18)6(19)4(2)17)7(36,8(20,21)22)10(26,27)37-13(32,9(23,24)25)38-11(28,29)12(30,31)39-14(33,34)35/h36H. The number of alkyl halides is 16. The van der Waals surface area contributed by atoms with Crippen molar-refractivity contribution in [2.24, 2.45) is 0 Å². The predicted molar refractivity (Wildman–Crippen MR) is 95.5 cm³/mol. The van der Waals surface area contributed by atoms with E-state index >= 15 is 0 Å². The van der Waals surface area contributed by atoms with Crippen molar-refractivity contribution in [2.75, 3.05) is 0 Å². The lowest BCUT2D eigenvalue weighted by atomic mass is 9.91. The van der Waals surface area contributed by atoms with E-state index in [4.69, 9.17) is 58.0 Å². The normalized spacial score (nSPS) is 17.7. The van der Waals surface area contributed by atoms with Crippen LogP contribution in [0.15, 0.2) is 0 Å². The first-order valence-corrected chi connectivity index (χ1v) is 10.1. The van der Waals surface area contributed by atoms with E-state index < -0.39 is 79.4 Å². The number of aliphatic hydroxyl groups is 1. The molecule has 0 aliphatic heterocycles. The molecule has 228 valence electrons. The quantitative estimate of drug-likeness (QED) is 0.126. The number of rotatable bonds is 8. The number of halogens is 21. The van der Waals surface area contributed by atoms with Crippen molar-refractivity contribution >= 4 is 58.0 Å². The van der Waals surface area contributed by atoms with Crippen molar-refractivity contribution in [1.82, 2.24) is 0 Å². The van der Waals surface area contributed by atoms with Gasteiger partial charge in [-0.25, -0.2) is 14.2 Å². The van der Waals surface area contributed by atoms with E-state index in [0.717, 1.165) is 0 Å². The summed E-state index contributed by atoms with van der Waals surface area (Å²) in [6, 6.07) is -7.60. The van der Waals surface area contributed by atoms with Crippen molar-refractivity contribution in [3.63, 3.8) is 0 Å². The van der Waals surface area contributed by atoms with Crippen molar-refractivity contribution in [3.05, 3.63) is 30.7 Å². The van der Waals surface area contributed by atoms with Gasteiger partial charge in [0.1, 0.15) is 0 Å². The Morgan fingerprint density at radius 1 is 0.436 bits per heavy atom. The molecule has 1 aromatic rings. The summed E-state index contributed by atoms with van der Waals surface area (Å²) in [6.45, 7) is 0. The van der Waals surface area contributed by atoms with Crippen LogP contribution >= 0.6 is 58.0 Å². The number of hydrogen-bond acceptors (Lipinski definition) is 4. The predicted octanol–water partition coefficient (Wildman–Crippen LogP) is 9.24. The second-order valence-electron chi connectivity index (χ2n) is 6.49. The van der Waals surface area contributed by atoms with Crippen LogP contribution in [-0.2, 0) is 19.8 Å². The van der Waals surface area contributed by atoms with E-state index in [1.54, 1.807) is 4.74 Å². The van der Waals surface area contributed by atoms with Gasteiger partial charge in [-0.2, -0.15) is 57.1 Å². The summed E-state index contributed by atoms with van der Waals surface area (Å²) in [7, 11) is 0. The average molecular weight is 714 g/mol. The van der Waals surface area contributed by atoms with Gasteiger partial charge in [0.05, 0.1) is 25.1 Å². The van der Waals surface area contributed by atoms with Gasteiger partial charge in [0.2, 0.25) is 0 Å². The highest BCUT2D eigenvalue weighted by molar-refractivity contribution is 6.55. The Kier molecular flexibility index (Phi) is 9.88. The monoisotopic (exact) mass is 712 g/mol. The maximum atomic E-state index is 14.7. The Morgan fingerprint density at radius 3 is 1.05 bits per heavy atom. The van der Waals surface area contributed by atoms with Gasteiger partial charge < -0.3 is 5.11 Å². The molecule has 0 bridgehead atoms. The van der Waals surface area contributed by atoms with Crippen LogP contribution in [0.4, 0.5) is 70.2 Å². The van der Waals surface area contributed by atoms with Crippen molar-refractivity contribution in [1.29, 1.82) is 0 Å². The van der Waals surface area contributed by atoms with Crippen LogP contribution in [-0.4, -0.2) is 48.2 Å². The summed E-state index contributed by atoms with van der Waals surface area (Å²) < 4.78 is 218. The van der Waals surface area contributed by atoms with Crippen LogP contribution < -0.4 is 0 Å². The molecule has 0 heterocycles. The molecule has 0 aliphatic rings. The fraction of sp³-hybridized carbons (Fsp3) is 0.571. The zero-order valence-electron chi connectivity index (χ0n) is 16.6. The molecule has 25 heteroatoms. The van der Waals surface area contributed by atoms with Crippen LogP contribution in [0, 0.1) is 0 Å². The number of benzene rings is 1. The lowest BCUT2D eigenvalue weighted by Crippen LogP contribution is -2.64. The largest absolute Gasteiger partial charge is 0.527 e. The molecule has 0 saturated carbocycles. The molecule has 2 atom stereocenters. The Balaban J connectivity index is 3.93. The van der Waals surface area contributed by atoms with Gasteiger partial charge in [0, 0.05) is 5.56 Å². The summed E-state index contributed by atoms with van der Waals surface area (Å²) in [5.41, 5.74) is -9.28. The van der Waals surface area contributed by atoms with Gasteiger partial charge in [-0.3, -0.25) is 0 Å². The molecule has 1 aromatic carbocycles. The minimum absolute atomic E-state index is 1.13.